The van der Waals surface area contributed by atoms with E-state index in [1.165, 1.54) is 12.1 Å². The average Bonchev–Trinajstić information content (AvgIpc) is 2.75. The number of benzene rings is 2. The van der Waals surface area contributed by atoms with Crippen molar-refractivity contribution in [2.24, 2.45) is 0 Å². The number of cyclic esters (lactones) is 2. The van der Waals surface area contributed by atoms with E-state index in [9.17, 15) is 14.7 Å². The van der Waals surface area contributed by atoms with E-state index in [1.54, 1.807) is 36.4 Å². The zero-order chi connectivity index (χ0) is 14.1. The second-order valence-corrected chi connectivity index (χ2v) is 4.34. The van der Waals surface area contributed by atoms with Gasteiger partial charge in [-0.05, 0) is 23.3 Å². The summed E-state index contributed by atoms with van der Waals surface area (Å²) in [4.78, 5) is 23.8. The van der Waals surface area contributed by atoms with Crippen molar-refractivity contribution in [1.82, 2.24) is 0 Å². The van der Waals surface area contributed by atoms with Crippen LogP contribution in [0.15, 0.2) is 54.6 Å². The van der Waals surface area contributed by atoms with Gasteiger partial charge in [0.15, 0.2) is 0 Å². The molecule has 1 heterocycles. The molecule has 0 spiro atoms. The van der Waals surface area contributed by atoms with Crippen molar-refractivity contribution >= 4 is 23.1 Å². The molecule has 0 aromatic heterocycles. The molecule has 1 aliphatic heterocycles. The van der Waals surface area contributed by atoms with Gasteiger partial charge in [-0.15, -0.1) is 0 Å². The highest BCUT2D eigenvalue weighted by atomic mass is 16.6. The van der Waals surface area contributed by atoms with Crippen LogP contribution in [0.1, 0.15) is 11.1 Å². The molecule has 0 fully saturated rings. The average molecular weight is 266 g/mol. The molecule has 1 N–H and O–H groups in total. The van der Waals surface area contributed by atoms with Crippen LogP contribution < -0.4 is 0 Å². The van der Waals surface area contributed by atoms with Crippen LogP contribution in [-0.4, -0.2) is 17.0 Å². The number of ether oxygens (including phenoxy) is 1. The lowest BCUT2D eigenvalue weighted by atomic mass is 9.96. The molecular formula is C16H10O4. The number of carbonyl (C=O) groups excluding carboxylic acids is 2. The minimum absolute atomic E-state index is 0.0910. The summed E-state index contributed by atoms with van der Waals surface area (Å²) in [5.41, 5.74) is 1.64. The third-order valence-corrected chi connectivity index (χ3v) is 3.06. The first-order valence-electron chi connectivity index (χ1n) is 6.02. The largest absolute Gasteiger partial charge is 0.508 e. The van der Waals surface area contributed by atoms with Gasteiger partial charge >= 0.3 is 11.9 Å². The minimum Gasteiger partial charge on any atom is -0.508 e. The molecule has 0 aliphatic carbocycles. The summed E-state index contributed by atoms with van der Waals surface area (Å²) < 4.78 is 4.71. The molecule has 4 heteroatoms. The predicted molar refractivity (Wildman–Crippen MR) is 72.5 cm³/mol. The summed E-state index contributed by atoms with van der Waals surface area (Å²) in [6.45, 7) is 0. The van der Waals surface area contributed by atoms with Crippen molar-refractivity contribution in [1.29, 1.82) is 0 Å². The molecule has 0 unspecified atom stereocenters. The number of phenolic OH excluding ortho intramolecular Hbond substituents is 1. The van der Waals surface area contributed by atoms with Crippen LogP contribution in [0.2, 0.25) is 0 Å². The third kappa shape index (κ3) is 1.97. The Kier molecular flexibility index (Phi) is 2.84. The summed E-state index contributed by atoms with van der Waals surface area (Å²) in [6.07, 6.45) is 0. The highest BCUT2D eigenvalue weighted by Gasteiger charge is 2.34. The molecule has 0 amide bonds. The second kappa shape index (κ2) is 4.66. The fourth-order valence-electron chi connectivity index (χ4n) is 2.15. The van der Waals surface area contributed by atoms with Crippen molar-refractivity contribution in [3.05, 3.63) is 65.7 Å². The van der Waals surface area contributed by atoms with E-state index in [4.69, 9.17) is 4.74 Å². The zero-order valence-electron chi connectivity index (χ0n) is 10.4. The fourth-order valence-corrected chi connectivity index (χ4v) is 2.15. The highest BCUT2D eigenvalue weighted by molar-refractivity contribution is 6.44. The summed E-state index contributed by atoms with van der Waals surface area (Å²) in [6, 6.07) is 15.0. The Hall–Kier alpha value is -2.88. The van der Waals surface area contributed by atoms with Gasteiger partial charge in [-0.1, -0.05) is 42.5 Å². The number of phenols is 1. The quantitative estimate of drug-likeness (QED) is 0.669. The molecule has 98 valence electrons. The second-order valence-electron chi connectivity index (χ2n) is 4.34. The number of carbonyl (C=O) groups is 2. The van der Waals surface area contributed by atoms with Gasteiger partial charge < -0.3 is 9.84 Å². The maximum absolute atomic E-state index is 11.9. The van der Waals surface area contributed by atoms with E-state index >= 15 is 0 Å². The number of hydrogen-bond donors (Lipinski definition) is 1. The van der Waals surface area contributed by atoms with Gasteiger partial charge in [-0.3, -0.25) is 0 Å². The Bertz CT molecular complexity index is 712. The van der Waals surface area contributed by atoms with Crippen LogP contribution in [-0.2, 0) is 14.3 Å². The lowest BCUT2D eigenvalue weighted by molar-refractivity contribution is -0.149. The SMILES string of the molecule is O=C1OC(=O)C(c2ccc(O)cc2)=C1c1ccccc1. The monoisotopic (exact) mass is 266 g/mol. The summed E-state index contributed by atoms with van der Waals surface area (Å²) in [5.74, 6) is -1.22. The van der Waals surface area contributed by atoms with Crippen LogP contribution >= 0.6 is 0 Å². The number of rotatable bonds is 2. The summed E-state index contributed by atoms with van der Waals surface area (Å²) in [5, 5.41) is 9.30. The lowest BCUT2D eigenvalue weighted by Crippen LogP contribution is -2.01. The molecular weight excluding hydrogens is 256 g/mol. The Balaban J connectivity index is 2.21. The number of aromatic hydroxyl groups is 1. The van der Waals surface area contributed by atoms with Crippen LogP contribution in [0.5, 0.6) is 5.75 Å². The molecule has 0 saturated carbocycles. The van der Waals surface area contributed by atoms with E-state index in [0.29, 0.717) is 11.1 Å². The van der Waals surface area contributed by atoms with Crippen molar-refractivity contribution in [2.75, 3.05) is 0 Å². The standard InChI is InChI=1S/C16H10O4/c17-12-8-6-11(7-9-12)14-13(15(18)20-16(14)19)10-4-2-1-3-5-10/h1-9,17H. The van der Waals surface area contributed by atoms with Crippen molar-refractivity contribution in [2.45, 2.75) is 0 Å². The van der Waals surface area contributed by atoms with Crippen molar-refractivity contribution in [3.8, 4) is 5.75 Å². The van der Waals surface area contributed by atoms with E-state index in [2.05, 4.69) is 0 Å². The van der Waals surface area contributed by atoms with Crippen LogP contribution in [0.4, 0.5) is 0 Å². The Morgan fingerprint density at radius 1 is 0.700 bits per heavy atom. The topological polar surface area (TPSA) is 63.6 Å². The van der Waals surface area contributed by atoms with Gasteiger partial charge in [0.1, 0.15) is 5.75 Å². The Morgan fingerprint density at radius 2 is 1.20 bits per heavy atom. The number of hydrogen-bond acceptors (Lipinski definition) is 4. The molecule has 0 radical (unpaired) electrons. The zero-order valence-corrected chi connectivity index (χ0v) is 10.4. The van der Waals surface area contributed by atoms with Gasteiger partial charge in [0.05, 0.1) is 11.1 Å². The molecule has 0 bridgehead atoms. The fraction of sp³-hybridized carbons (Fsp3) is 0. The van der Waals surface area contributed by atoms with E-state index in [-0.39, 0.29) is 16.9 Å². The molecule has 3 rings (SSSR count). The maximum atomic E-state index is 11.9. The van der Waals surface area contributed by atoms with Crippen LogP contribution in [0, 0.1) is 0 Å². The summed E-state index contributed by atoms with van der Waals surface area (Å²) >= 11 is 0. The minimum atomic E-state index is -0.667. The molecule has 2 aromatic carbocycles. The molecule has 1 aliphatic rings. The molecule has 0 saturated heterocycles. The smallest absolute Gasteiger partial charge is 0.347 e. The van der Waals surface area contributed by atoms with E-state index in [0.717, 1.165) is 0 Å². The van der Waals surface area contributed by atoms with Gasteiger partial charge in [-0.2, -0.15) is 0 Å². The highest BCUT2D eigenvalue weighted by Crippen LogP contribution is 2.34. The van der Waals surface area contributed by atoms with Crippen molar-refractivity contribution in [3.63, 3.8) is 0 Å². The normalized spacial score (nSPS) is 14.6. The van der Waals surface area contributed by atoms with E-state index in [1.807, 2.05) is 6.07 Å². The Labute approximate surface area is 114 Å². The third-order valence-electron chi connectivity index (χ3n) is 3.06. The van der Waals surface area contributed by atoms with Crippen molar-refractivity contribution < 1.29 is 19.4 Å². The first-order valence-corrected chi connectivity index (χ1v) is 6.02. The van der Waals surface area contributed by atoms with Crippen LogP contribution in [0.3, 0.4) is 0 Å². The van der Waals surface area contributed by atoms with Gasteiger partial charge in [0.2, 0.25) is 0 Å². The molecule has 2 aromatic rings. The van der Waals surface area contributed by atoms with Crippen LogP contribution in [0.25, 0.3) is 11.1 Å². The maximum Gasteiger partial charge on any atom is 0.347 e. The molecule has 4 nitrogen and oxygen atoms in total. The first kappa shape index (κ1) is 12.2. The first-order chi connectivity index (χ1) is 9.66. The van der Waals surface area contributed by atoms with Gasteiger partial charge in [0.25, 0.3) is 0 Å². The molecule has 20 heavy (non-hydrogen) atoms. The van der Waals surface area contributed by atoms with Gasteiger partial charge in [-0.25, -0.2) is 9.59 Å². The predicted octanol–water partition coefficient (Wildman–Crippen LogP) is 2.39. The lowest BCUT2D eigenvalue weighted by Gasteiger charge is -2.03. The van der Waals surface area contributed by atoms with Gasteiger partial charge in [0, 0.05) is 0 Å². The Morgan fingerprint density at radius 3 is 1.75 bits per heavy atom. The molecule has 0 atom stereocenters. The number of esters is 2. The van der Waals surface area contributed by atoms with E-state index < -0.39 is 11.9 Å². The summed E-state index contributed by atoms with van der Waals surface area (Å²) in [7, 11) is 0.